The summed E-state index contributed by atoms with van der Waals surface area (Å²) in [5, 5.41) is 4.94. The third kappa shape index (κ3) is 5.79. The minimum absolute atomic E-state index is 0.136. The Morgan fingerprint density at radius 2 is 1.61 bits per heavy atom. The highest BCUT2D eigenvalue weighted by atomic mass is 16.5. The zero-order valence-electron chi connectivity index (χ0n) is 16.0. The van der Waals surface area contributed by atoms with Gasteiger partial charge in [-0.3, -0.25) is 24.0 Å². The molecule has 2 atom stereocenters. The van der Waals surface area contributed by atoms with Gasteiger partial charge in [0.2, 0.25) is 11.8 Å². The normalized spacial score (nSPS) is 12.5. The van der Waals surface area contributed by atoms with Gasteiger partial charge in [-0.15, -0.1) is 0 Å². The van der Waals surface area contributed by atoms with Crippen LogP contribution in [0.3, 0.4) is 0 Å². The number of rotatable bonds is 8. The van der Waals surface area contributed by atoms with E-state index in [1.54, 1.807) is 6.07 Å². The maximum Gasteiger partial charge on any atom is 0.320 e. The monoisotopic (exact) mass is 393 g/mol. The van der Waals surface area contributed by atoms with Crippen LogP contribution in [0.15, 0.2) is 24.3 Å². The molecular formula is C18H23N3O7. The van der Waals surface area contributed by atoms with E-state index in [2.05, 4.69) is 20.1 Å². The molecular weight excluding hydrogens is 370 g/mol. The number of hydrogen-bond acceptors (Lipinski definition) is 7. The van der Waals surface area contributed by atoms with Crippen molar-refractivity contribution in [3.8, 4) is 0 Å². The molecule has 0 saturated heterocycles. The molecule has 1 aromatic carbocycles. The fraction of sp³-hybridized carbons (Fsp3) is 0.389. The summed E-state index contributed by atoms with van der Waals surface area (Å²) in [7, 11) is 2.16. The number of carbonyl (C=O) groups excluding carboxylic acids is 5. The first-order valence-corrected chi connectivity index (χ1v) is 8.25. The molecule has 10 nitrogen and oxygen atoms in total. The van der Waals surface area contributed by atoms with Gasteiger partial charge in [-0.1, -0.05) is 13.0 Å². The summed E-state index contributed by atoms with van der Waals surface area (Å²) in [6.07, 6.45) is 0. The average Bonchev–Trinajstić information content (AvgIpc) is 2.64. The number of esters is 2. The topological polar surface area (TPSA) is 154 Å². The second-order valence-electron chi connectivity index (χ2n) is 6.00. The summed E-state index contributed by atoms with van der Waals surface area (Å²) in [6, 6.07) is 4.62. The second-order valence-corrected chi connectivity index (χ2v) is 6.00. The molecule has 4 N–H and O–H groups in total. The Bertz CT molecular complexity index is 762. The van der Waals surface area contributed by atoms with Crippen molar-refractivity contribution in [2.24, 2.45) is 17.6 Å². The molecule has 0 aliphatic carbocycles. The highest BCUT2D eigenvalue weighted by Gasteiger charge is 2.41. The van der Waals surface area contributed by atoms with E-state index in [0.717, 1.165) is 14.2 Å². The Kier molecular flexibility index (Phi) is 8.11. The lowest BCUT2D eigenvalue weighted by atomic mass is 9.86. The fourth-order valence-corrected chi connectivity index (χ4v) is 2.60. The highest BCUT2D eigenvalue weighted by Crippen LogP contribution is 2.20. The van der Waals surface area contributed by atoms with Gasteiger partial charge in [0, 0.05) is 24.1 Å². The molecule has 28 heavy (non-hydrogen) atoms. The molecule has 10 heteroatoms. The van der Waals surface area contributed by atoms with Crippen molar-refractivity contribution < 1.29 is 33.4 Å². The molecule has 0 heterocycles. The Hall–Kier alpha value is -3.43. The predicted octanol–water partition coefficient (Wildman–Crippen LogP) is -0.173. The average molecular weight is 393 g/mol. The molecule has 0 spiro atoms. The summed E-state index contributed by atoms with van der Waals surface area (Å²) >= 11 is 0. The van der Waals surface area contributed by atoms with Crippen LogP contribution in [-0.2, 0) is 28.7 Å². The van der Waals surface area contributed by atoms with Gasteiger partial charge in [0.1, 0.15) is 6.04 Å². The molecule has 0 bridgehead atoms. The largest absolute Gasteiger partial charge is 0.468 e. The van der Waals surface area contributed by atoms with Crippen LogP contribution in [0, 0.1) is 11.8 Å². The Balaban J connectivity index is 3.10. The van der Waals surface area contributed by atoms with Crippen LogP contribution in [0.25, 0.3) is 0 Å². The number of hydrogen-bond donors (Lipinski definition) is 3. The summed E-state index contributed by atoms with van der Waals surface area (Å²) in [6.45, 7) is 2.71. The van der Waals surface area contributed by atoms with E-state index in [-0.39, 0.29) is 11.5 Å². The van der Waals surface area contributed by atoms with Crippen molar-refractivity contribution >= 4 is 35.3 Å². The lowest BCUT2D eigenvalue weighted by molar-refractivity contribution is -0.162. The fourth-order valence-electron chi connectivity index (χ4n) is 2.60. The number of benzene rings is 1. The van der Waals surface area contributed by atoms with Crippen molar-refractivity contribution in [3.05, 3.63) is 29.8 Å². The van der Waals surface area contributed by atoms with Gasteiger partial charge < -0.3 is 25.8 Å². The molecule has 0 aromatic heterocycles. The first-order chi connectivity index (χ1) is 13.1. The molecule has 152 valence electrons. The van der Waals surface area contributed by atoms with E-state index in [1.165, 1.54) is 32.0 Å². The highest BCUT2D eigenvalue weighted by molar-refractivity contribution is 6.00. The van der Waals surface area contributed by atoms with Crippen LogP contribution in [0.5, 0.6) is 0 Å². The van der Waals surface area contributed by atoms with Gasteiger partial charge >= 0.3 is 11.9 Å². The Labute approximate surface area is 161 Å². The van der Waals surface area contributed by atoms with Crippen LogP contribution in [-0.4, -0.2) is 49.9 Å². The smallest absolute Gasteiger partial charge is 0.320 e. The predicted molar refractivity (Wildman–Crippen MR) is 97.9 cm³/mol. The minimum Gasteiger partial charge on any atom is -0.468 e. The number of methoxy groups -OCH3 is 2. The molecule has 0 fully saturated rings. The quantitative estimate of drug-likeness (QED) is 0.409. The SMILES string of the molecule is COC(=O)C(C(=O)OC)[C@H](C)[C@H](NC(=O)c1cccc(NC(C)=O)c1)C(N)=O. The maximum atomic E-state index is 12.5. The van der Waals surface area contributed by atoms with Gasteiger partial charge in [-0.05, 0) is 18.2 Å². The lowest BCUT2D eigenvalue weighted by Gasteiger charge is -2.26. The molecule has 0 aliphatic rings. The van der Waals surface area contributed by atoms with Crippen molar-refractivity contribution in [3.63, 3.8) is 0 Å². The molecule has 0 radical (unpaired) electrons. The molecule has 0 unspecified atom stereocenters. The number of amides is 3. The van der Waals surface area contributed by atoms with Crippen LogP contribution in [0.1, 0.15) is 24.2 Å². The van der Waals surface area contributed by atoms with Gasteiger partial charge in [0.25, 0.3) is 5.91 Å². The molecule has 0 saturated carbocycles. The maximum absolute atomic E-state index is 12.5. The van der Waals surface area contributed by atoms with Gasteiger partial charge in [0.15, 0.2) is 5.92 Å². The second kappa shape index (κ2) is 10.0. The summed E-state index contributed by atoms with van der Waals surface area (Å²) in [5.74, 6) is -6.30. The van der Waals surface area contributed by atoms with E-state index in [0.29, 0.717) is 5.69 Å². The van der Waals surface area contributed by atoms with E-state index >= 15 is 0 Å². The van der Waals surface area contributed by atoms with Gasteiger partial charge in [-0.25, -0.2) is 0 Å². The number of nitrogens with one attached hydrogen (secondary N) is 2. The Morgan fingerprint density at radius 1 is 1.04 bits per heavy atom. The van der Waals surface area contributed by atoms with E-state index in [1.807, 2.05) is 0 Å². The van der Waals surface area contributed by atoms with Crippen LogP contribution in [0.2, 0.25) is 0 Å². The summed E-state index contributed by atoms with van der Waals surface area (Å²) < 4.78 is 9.17. The lowest BCUT2D eigenvalue weighted by Crippen LogP contribution is -2.52. The number of primary amides is 1. The minimum atomic E-state index is -1.46. The Morgan fingerprint density at radius 3 is 2.07 bits per heavy atom. The standard InChI is InChI=1S/C18H23N3O7/c1-9(13(17(25)27-3)18(26)28-4)14(15(19)23)21-16(24)11-6-5-7-12(8-11)20-10(2)22/h5-9,13-14H,1-4H3,(H2,19,23)(H,20,22)(H,21,24)/t9-,14-/m0/s1. The molecule has 3 amide bonds. The van der Waals surface area contributed by atoms with Crippen molar-refractivity contribution in [2.75, 3.05) is 19.5 Å². The van der Waals surface area contributed by atoms with Crippen molar-refractivity contribution in [1.29, 1.82) is 0 Å². The molecule has 0 aliphatic heterocycles. The summed E-state index contributed by atoms with van der Waals surface area (Å²) in [5.41, 5.74) is 5.88. The number of carbonyl (C=O) groups is 5. The van der Waals surface area contributed by atoms with E-state index in [9.17, 15) is 24.0 Å². The van der Waals surface area contributed by atoms with Gasteiger partial charge in [0.05, 0.1) is 14.2 Å². The zero-order chi connectivity index (χ0) is 21.4. The zero-order valence-corrected chi connectivity index (χ0v) is 16.0. The number of anilines is 1. The van der Waals surface area contributed by atoms with E-state index in [4.69, 9.17) is 5.73 Å². The van der Waals surface area contributed by atoms with Crippen molar-refractivity contribution in [1.82, 2.24) is 5.32 Å². The molecule has 1 aromatic rings. The van der Waals surface area contributed by atoms with E-state index < -0.39 is 41.6 Å². The first-order valence-electron chi connectivity index (χ1n) is 8.25. The number of nitrogens with two attached hydrogens (primary N) is 1. The van der Waals surface area contributed by atoms with Crippen LogP contribution < -0.4 is 16.4 Å². The third-order valence-corrected chi connectivity index (χ3v) is 4.00. The third-order valence-electron chi connectivity index (χ3n) is 4.00. The van der Waals surface area contributed by atoms with Gasteiger partial charge in [-0.2, -0.15) is 0 Å². The van der Waals surface area contributed by atoms with Crippen LogP contribution in [0.4, 0.5) is 5.69 Å². The van der Waals surface area contributed by atoms with Crippen LogP contribution >= 0.6 is 0 Å². The first kappa shape index (κ1) is 22.6. The van der Waals surface area contributed by atoms with Crippen molar-refractivity contribution in [2.45, 2.75) is 19.9 Å². The molecule has 1 rings (SSSR count). The number of ether oxygens (including phenoxy) is 2. The summed E-state index contributed by atoms with van der Waals surface area (Å²) in [4.78, 5) is 59.5.